The third-order valence-electron chi connectivity index (χ3n) is 4.09. The molecule has 1 aliphatic rings. The standard InChI is InChI=1S/C16H15BrF2N2O2/c1-2-21-13(15(22)23)12(9-3-5-11(17)6-4-9)20-14(21)10-7-16(18,19)8-10/h3-6,10H,2,7-8H2,1H3,(H,22,23). The van der Waals surface area contributed by atoms with Crippen LogP contribution in [0.1, 0.15) is 42.0 Å². The first kappa shape index (κ1) is 16.1. The summed E-state index contributed by atoms with van der Waals surface area (Å²) in [6.07, 6.45) is -0.550. The van der Waals surface area contributed by atoms with Gasteiger partial charge in [0, 0.05) is 35.3 Å². The summed E-state index contributed by atoms with van der Waals surface area (Å²) in [6, 6.07) is 7.11. The topological polar surface area (TPSA) is 55.1 Å². The van der Waals surface area contributed by atoms with Gasteiger partial charge in [0.05, 0.1) is 0 Å². The van der Waals surface area contributed by atoms with E-state index in [0.717, 1.165) is 4.47 Å². The SMILES string of the molecule is CCn1c(C2CC(F)(F)C2)nc(-c2ccc(Br)cc2)c1C(=O)O. The second-order valence-electron chi connectivity index (χ2n) is 5.68. The predicted octanol–water partition coefficient (Wildman–Crippen LogP) is 4.54. The molecular formula is C16H15BrF2N2O2. The lowest BCUT2D eigenvalue weighted by molar-refractivity contribution is -0.0891. The average molecular weight is 385 g/mol. The average Bonchev–Trinajstić information content (AvgIpc) is 2.84. The molecule has 0 bridgehead atoms. The highest BCUT2D eigenvalue weighted by Crippen LogP contribution is 2.48. The van der Waals surface area contributed by atoms with Gasteiger partial charge in [-0.2, -0.15) is 0 Å². The fourth-order valence-corrected chi connectivity index (χ4v) is 3.24. The number of alkyl halides is 2. The van der Waals surface area contributed by atoms with E-state index in [2.05, 4.69) is 20.9 Å². The van der Waals surface area contributed by atoms with Gasteiger partial charge in [-0.3, -0.25) is 0 Å². The van der Waals surface area contributed by atoms with Crippen LogP contribution in [0, 0.1) is 0 Å². The molecule has 1 aromatic heterocycles. The normalized spacial score (nSPS) is 17.0. The summed E-state index contributed by atoms with van der Waals surface area (Å²) in [7, 11) is 0. The molecule has 4 nitrogen and oxygen atoms in total. The Balaban J connectivity index is 2.10. The van der Waals surface area contributed by atoms with Gasteiger partial charge in [-0.15, -0.1) is 0 Å². The van der Waals surface area contributed by atoms with E-state index in [0.29, 0.717) is 23.6 Å². The van der Waals surface area contributed by atoms with E-state index < -0.39 is 17.8 Å². The van der Waals surface area contributed by atoms with Crippen molar-refractivity contribution >= 4 is 21.9 Å². The minimum Gasteiger partial charge on any atom is -0.477 e. The number of hydrogen-bond acceptors (Lipinski definition) is 2. The lowest BCUT2D eigenvalue weighted by atomic mass is 9.80. The Morgan fingerprint density at radius 2 is 2.00 bits per heavy atom. The molecule has 1 aromatic carbocycles. The van der Waals surface area contributed by atoms with Crippen molar-refractivity contribution in [2.45, 2.75) is 38.2 Å². The van der Waals surface area contributed by atoms with E-state index in [4.69, 9.17) is 0 Å². The highest BCUT2D eigenvalue weighted by atomic mass is 79.9. The largest absolute Gasteiger partial charge is 0.477 e. The summed E-state index contributed by atoms with van der Waals surface area (Å²) in [5.41, 5.74) is 1.04. The van der Waals surface area contributed by atoms with E-state index >= 15 is 0 Å². The van der Waals surface area contributed by atoms with Gasteiger partial charge < -0.3 is 9.67 Å². The zero-order valence-electron chi connectivity index (χ0n) is 12.4. The van der Waals surface area contributed by atoms with Crippen LogP contribution in [0.15, 0.2) is 28.7 Å². The van der Waals surface area contributed by atoms with Gasteiger partial charge in [0.1, 0.15) is 11.5 Å². The summed E-state index contributed by atoms with van der Waals surface area (Å²) in [5, 5.41) is 9.56. The fraction of sp³-hybridized carbons (Fsp3) is 0.375. The molecule has 0 unspecified atom stereocenters. The third-order valence-corrected chi connectivity index (χ3v) is 4.62. The molecule has 122 valence electrons. The van der Waals surface area contributed by atoms with Crippen molar-refractivity contribution in [3.8, 4) is 11.3 Å². The van der Waals surface area contributed by atoms with Gasteiger partial charge >= 0.3 is 5.97 Å². The summed E-state index contributed by atoms with van der Waals surface area (Å²) in [4.78, 5) is 16.1. The monoisotopic (exact) mass is 384 g/mol. The van der Waals surface area contributed by atoms with Gasteiger partial charge in [-0.05, 0) is 19.1 Å². The molecule has 2 aromatic rings. The van der Waals surface area contributed by atoms with Crippen LogP contribution in [0.2, 0.25) is 0 Å². The zero-order chi connectivity index (χ0) is 16.8. The number of aromatic carboxylic acids is 1. The van der Waals surface area contributed by atoms with Crippen LogP contribution < -0.4 is 0 Å². The molecule has 0 spiro atoms. The van der Waals surface area contributed by atoms with E-state index in [1.165, 1.54) is 0 Å². The number of halogens is 3. The summed E-state index contributed by atoms with van der Waals surface area (Å²) in [6.45, 7) is 2.17. The van der Waals surface area contributed by atoms with Crippen molar-refractivity contribution < 1.29 is 18.7 Å². The molecule has 0 saturated heterocycles. The minimum absolute atomic E-state index is 0.0556. The minimum atomic E-state index is -2.67. The first-order valence-corrected chi connectivity index (χ1v) is 8.09. The summed E-state index contributed by atoms with van der Waals surface area (Å²) < 4.78 is 28.8. The molecule has 3 rings (SSSR count). The number of rotatable bonds is 4. The van der Waals surface area contributed by atoms with E-state index in [1.807, 2.05) is 0 Å². The molecular weight excluding hydrogens is 370 g/mol. The molecule has 23 heavy (non-hydrogen) atoms. The summed E-state index contributed by atoms with van der Waals surface area (Å²) in [5.74, 6) is -3.73. The quantitative estimate of drug-likeness (QED) is 0.841. The number of carboxylic acid groups (broad SMARTS) is 1. The molecule has 0 radical (unpaired) electrons. The van der Waals surface area contributed by atoms with Gasteiger partial charge in [0.25, 0.3) is 0 Å². The van der Waals surface area contributed by atoms with Crippen LogP contribution in [-0.2, 0) is 6.54 Å². The second kappa shape index (κ2) is 5.70. The van der Waals surface area contributed by atoms with Gasteiger partial charge in [0.15, 0.2) is 5.69 Å². The van der Waals surface area contributed by atoms with Crippen LogP contribution >= 0.6 is 15.9 Å². The van der Waals surface area contributed by atoms with E-state index in [-0.39, 0.29) is 18.5 Å². The van der Waals surface area contributed by atoms with Crippen molar-refractivity contribution in [2.24, 2.45) is 0 Å². The van der Waals surface area contributed by atoms with Gasteiger partial charge in [-0.25, -0.2) is 18.6 Å². The van der Waals surface area contributed by atoms with Crippen LogP contribution in [0.25, 0.3) is 11.3 Å². The molecule has 0 aliphatic heterocycles. The van der Waals surface area contributed by atoms with Gasteiger partial charge in [-0.1, -0.05) is 28.1 Å². The van der Waals surface area contributed by atoms with Crippen molar-refractivity contribution in [2.75, 3.05) is 0 Å². The van der Waals surface area contributed by atoms with E-state index in [9.17, 15) is 18.7 Å². The zero-order valence-corrected chi connectivity index (χ0v) is 14.0. The molecule has 1 aliphatic carbocycles. The first-order chi connectivity index (χ1) is 10.8. The molecule has 1 heterocycles. The molecule has 1 saturated carbocycles. The lowest BCUT2D eigenvalue weighted by Crippen LogP contribution is -2.35. The predicted molar refractivity (Wildman–Crippen MR) is 84.9 cm³/mol. The fourth-order valence-electron chi connectivity index (χ4n) is 2.97. The first-order valence-electron chi connectivity index (χ1n) is 7.30. The maximum atomic E-state index is 13.2. The number of hydrogen-bond donors (Lipinski definition) is 1. The summed E-state index contributed by atoms with van der Waals surface area (Å²) >= 11 is 3.33. The maximum absolute atomic E-state index is 13.2. The van der Waals surface area contributed by atoms with E-state index in [1.54, 1.807) is 35.8 Å². The van der Waals surface area contributed by atoms with Crippen molar-refractivity contribution in [1.82, 2.24) is 9.55 Å². The molecule has 0 amide bonds. The molecule has 7 heteroatoms. The van der Waals surface area contributed by atoms with Crippen molar-refractivity contribution in [3.63, 3.8) is 0 Å². The highest BCUT2D eigenvalue weighted by molar-refractivity contribution is 9.10. The maximum Gasteiger partial charge on any atom is 0.354 e. The Morgan fingerprint density at radius 3 is 2.48 bits per heavy atom. The Labute approximate surface area is 140 Å². The van der Waals surface area contributed by atoms with Gasteiger partial charge in [0.2, 0.25) is 5.92 Å². The number of imidazole rings is 1. The Morgan fingerprint density at radius 1 is 1.39 bits per heavy atom. The van der Waals surface area contributed by atoms with Crippen LogP contribution in [0.3, 0.4) is 0 Å². The number of carboxylic acids is 1. The molecule has 1 N–H and O–H groups in total. The Kier molecular flexibility index (Phi) is 4.00. The lowest BCUT2D eigenvalue weighted by Gasteiger charge is -2.34. The smallest absolute Gasteiger partial charge is 0.354 e. The number of aromatic nitrogens is 2. The third kappa shape index (κ3) is 2.89. The van der Waals surface area contributed by atoms with Crippen LogP contribution in [0.4, 0.5) is 8.78 Å². The van der Waals surface area contributed by atoms with Crippen molar-refractivity contribution in [1.29, 1.82) is 0 Å². The van der Waals surface area contributed by atoms with Crippen molar-refractivity contribution in [3.05, 3.63) is 40.3 Å². The Hall–Kier alpha value is -1.76. The molecule has 1 fully saturated rings. The molecule has 0 atom stereocenters. The number of benzene rings is 1. The number of carbonyl (C=O) groups is 1. The highest BCUT2D eigenvalue weighted by Gasteiger charge is 2.48. The number of nitrogens with zero attached hydrogens (tertiary/aromatic N) is 2. The van der Waals surface area contributed by atoms with Crippen LogP contribution in [0.5, 0.6) is 0 Å². The van der Waals surface area contributed by atoms with Crippen LogP contribution in [-0.4, -0.2) is 26.5 Å². The second-order valence-corrected chi connectivity index (χ2v) is 6.60. The Bertz CT molecular complexity index is 748.